The lowest BCUT2D eigenvalue weighted by atomic mass is 10.1. The molecule has 0 aliphatic carbocycles. The minimum absolute atomic E-state index is 0.0991. The lowest BCUT2D eigenvalue weighted by molar-refractivity contribution is 0.258. The number of hydrogen-bond acceptors (Lipinski definition) is 4. The highest BCUT2D eigenvalue weighted by Gasteiger charge is 2.35. The molecule has 1 fully saturated rings. The van der Waals surface area contributed by atoms with Crippen molar-refractivity contribution in [3.8, 4) is 0 Å². The summed E-state index contributed by atoms with van der Waals surface area (Å²) in [5.41, 5.74) is 0.725. The summed E-state index contributed by atoms with van der Waals surface area (Å²) in [7, 11) is -3.71. The van der Waals surface area contributed by atoms with E-state index in [-0.39, 0.29) is 10.9 Å². The summed E-state index contributed by atoms with van der Waals surface area (Å²) in [6.45, 7) is 2.23. The molecule has 1 aliphatic rings. The molecule has 1 atom stereocenters. The second-order valence-electron chi connectivity index (χ2n) is 5.81. The molecule has 124 valence electrons. The van der Waals surface area contributed by atoms with E-state index in [0.717, 1.165) is 37.1 Å². The lowest BCUT2D eigenvalue weighted by Gasteiger charge is -2.27. The van der Waals surface area contributed by atoms with E-state index in [1.54, 1.807) is 6.07 Å². The Kier molecular flexibility index (Phi) is 4.50. The van der Waals surface area contributed by atoms with Crippen molar-refractivity contribution < 1.29 is 17.3 Å². The van der Waals surface area contributed by atoms with Crippen LogP contribution in [0.25, 0.3) is 0 Å². The van der Waals surface area contributed by atoms with Crippen LogP contribution in [0.3, 0.4) is 0 Å². The van der Waals surface area contributed by atoms with Gasteiger partial charge in [-0.2, -0.15) is 4.31 Å². The van der Waals surface area contributed by atoms with Gasteiger partial charge in [0, 0.05) is 12.6 Å². The van der Waals surface area contributed by atoms with Crippen LogP contribution in [0.1, 0.15) is 43.2 Å². The van der Waals surface area contributed by atoms with E-state index in [9.17, 15) is 12.8 Å². The smallest absolute Gasteiger partial charge is 0.243 e. The molecule has 0 bridgehead atoms. The van der Waals surface area contributed by atoms with Crippen LogP contribution in [0.5, 0.6) is 0 Å². The molecule has 5 nitrogen and oxygen atoms in total. The number of aromatic nitrogens is 1. The fraction of sp³-hybridized carbons (Fsp3) is 0.438. The number of sulfonamides is 1. The third-order valence-corrected chi connectivity index (χ3v) is 6.02. The molecule has 2 heterocycles. The van der Waals surface area contributed by atoms with Crippen molar-refractivity contribution in [1.82, 2.24) is 9.46 Å². The van der Waals surface area contributed by atoms with E-state index >= 15 is 0 Å². The average Bonchev–Trinajstić information content (AvgIpc) is 2.80. The number of aryl methyl sites for hydroxylation is 1. The van der Waals surface area contributed by atoms with Crippen molar-refractivity contribution in [2.75, 3.05) is 6.54 Å². The maximum Gasteiger partial charge on any atom is 0.243 e. The Morgan fingerprint density at radius 2 is 1.96 bits per heavy atom. The van der Waals surface area contributed by atoms with Gasteiger partial charge in [-0.05, 0) is 44.0 Å². The van der Waals surface area contributed by atoms with Crippen LogP contribution in [0.2, 0.25) is 0 Å². The molecule has 1 aromatic heterocycles. The van der Waals surface area contributed by atoms with Gasteiger partial charge in [-0.25, -0.2) is 12.8 Å². The predicted molar refractivity (Wildman–Crippen MR) is 82.7 cm³/mol. The van der Waals surface area contributed by atoms with E-state index in [1.807, 2.05) is 6.92 Å². The van der Waals surface area contributed by atoms with Gasteiger partial charge in [-0.1, -0.05) is 18.0 Å². The first kappa shape index (κ1) is 16.1. The SMILES string of the molecule is Cc1cc([C@@H]2CCCCCN2S(=O)(=O)c2ccc(F)cc2)on1. The third kappa shape index (κ3) is 3.30. The molecule has 1 saturated heterocycles. The molecule has 0 unspecified atom stereocenters. The standard InChI is InChI=1S/C16H19FN2O3S/c1-12-11-16(22-18-12)15-5-3-2-4-10-19(15)23(20,21)14-8-6-13(17)7-9-14/h6-9,11,15H,2-5,10H2,1H3/t15-/m0/s1. The Bertz CT molecular complexity index is 771. The van der Waals surface area contributed by atoms with E-state index < -0.39 is 15.8 Å². The largest absolute Gasteiger partial charge is 0.359 e. The van der Waals surface area contributed by atoms with Crippen molar-refractivity contribution in [3.63, 3.8) is 0 Å². The van der Waals surface area contributed by atoms with Crippen molar-refractivity contribution in [2.45, 2.75) is 43.5 Å². The first-order valence-electron chi connectivity index (χ1n) is 7.69. The van der Waals surface area contributed by atoms with E-state index in [2.05, 4.69) is 5.16 Å². The Balaban J connectivity index is 2.00. The van der Waals surface area contributed by atoms with Crippen LogP contribution in [0.4, 0.5) is 4.39 Å². The molecule has 0 amide bonds. The normalized spacial score (nSPS) is 20.3. The van der Waals surface area contributed by atoms with Crippen LogP contribution < -0.4 is 0 Å². The van der Waals surface area contributed by atoms with Crippen molar-refractivity contribution in [3.05, 3.63) is 47.6 Å². The number of rotatable bonds is 3. The van der Waals surface area contributed by atoms with Gasteiger partial charge in [0.05, 0.1) is 16.6 Å². The highest BCUT2D eigenvalue weighted by Crippen LogP contribution is 2.34. The molecule has 0 radical (unpaired) electrons. The minimum Gasteiger partial charge on any atom is -0.359 e. The first-order chi connectivity index (χ1) is 11.0. The maximum atomic E-state index is 13.1. The summed E-state index contributed by atoms with van der Waals surface area (Å²) in [4.78, 5) is 0.0991. The van der Waals surface area contributed by atoms with Gasteiger partial charge in [0.1, 0.15) is 5.82 Å². The van der Waals surface area contributed by atoms with Crippen LogP contribution in [-0.4, -0.2) is 24.4 Å². The van der Waals surface area contributed by atoms with Gasteiger partial charge in [-0.3, -0.25) is 0 Å². The Labute approximate surface area is 135 Å². The summed E-state index contributed by atoms with van der Waals surface area (Å²) in [6, 6.07) is 6.35. The molecule has 0 N–H and O–H groups in total. The molecular weight excluding hydrogens is 319 g/mol. The van der Waals surface area contributed by atoms with Crippen molar-refractivity contribution in [1.29, 1.82) is 0 Å². The number of benzene rings is 1. The Morgan fingerprint density at radius 3 is 2.61 bits per heavy atom. The maximum absolute atomic E-state index is 13.1. The molecule has 3 rings (SSSR count). The predicted octanol–water partition coefficient (Wildman–Crippen LogP) is 3.43. The van der Waals surface area contributed by atoms with Crippen molar-refractivity contribution >= 4 is 10.0 Å². The third-order valence-electron chi connectivity index (χ3n) is 4.10. The fourth-order valence-electron chi connectivity index (χ4n) is 2.94. The Hall–Kier alpha value is -1.73. The zero-order chi connectivity index (χ0) is 16.4. The summed E-state index contributed by atoms with van der Waals surface area (Å²) in [6.07, 6.45) is 3.39. The molecule has 7 heteroatoms. The zero-order valence-corrected chi connectivity index (χ0v) is 13.7. The number of halogens is 1. The minimum atomic E-state index is -3.71. The van der Waals surface area contributed by atoms with Gasteiger partial charge >= 0.3 is 0 Å². The van der Waals surface area contributed by atoms with E-state index in [0.29, 0.717) is 18.7 Å². The van der Waals surface area contributed by atoms with Gasteiger partial charge in [-0.15, -0.1) is 0 Å². The highest BCUT2D eigenvalue weighted by molar-refractivity contribution is 7.89. The highest BCUT2D eigenvalue weighted by atomic mass is 32.2. The van der Waals surface area contributed by atoms with Gasteiger partial charge < -0.3 is 4.52 Å². The summed E-state index contributed by atoms with van der Waals surface area (Å²) in [5.74, 6) is 0.109. The molecule has 23 heavy (non-hydrogen) atoms. The summed E-state index contributed by atoms with van der Waals surface area (Å²) >= 11 is 0. The number of hydrogen-bond donors (Lipinski definition) is 0. The second kappa shape index (κ2) is 6.41. The fourth-order valence-corrected chi connectivity index (χ4v) is 4.60. The van der Waals surface area contributed by atoms with Gasteiger partial charge in [0.25, 0.3) is 0 Å². The second-order valence-corrected chi connectivity index (χ2v) is 7.70. The van der Waals surface area contributed by atoms with E-state index in [4.69, 9.17) is 4.52 Å². The summed E-state index contributed by atoms with van der Waals surface area (Å²) < 4.78 is 45.9. The van der Waals surface area contributed by atoms with E-state index in [1.165, 1.54) is 16.4 Å². The van der Waals surface area contributed by atoms with Crippen LogP contribution in [-0.2, 0) is 10.0 Å². The molecule has 1 aliphatic heterocycles. The molecule has 2 aromatic rings. The Morgan fingerprint density at radius 1 is 1.22 bits per heavy atom. The van der Waals surface area contributed by atoms with Crippen LogP contribution >= 0.6 is 0 Å². The van der Waals surface area contributed by atoms with Gasteiger partial charge in [0.15, 0.2) is 5.76 Å². The zero-order valence-electron chi connectivity index (χ0n) is 12.9. The average molecular weight is 338 g/mol. The van der Waals surface area contributed by atoms with Crippen molar-refractivity contribution in [2.24, 2.45) is 0 Å². The first-order valence-corrected chi connectivity index (χ1v) is 9.13. The topological polar surface area (TPSA) is 63.4 Å². The van der Waals surface area contributed by atoms with Gasteiger partial charge in [0.2, 0.25) is 10.0 Å². The molecule has 1 aromatic carbocycles. The van der Waals surface area contributed by atoms with Crippen LogP contribution in [0.15, 0.2) is 39.8 Å². The monoisotopic (exact) mass is 338 g/mol. The van der Waals surface area contributed by atoms with Crippen LogP contribution in [0, 0.1) is 12.7 Å². The lowest BCUT2D eigenvalue weighted by Crippen LogP contribution is -2.34. The summed E-state index contributed by atoms with van der Waals surface area (Å²) in [5, 5.41) is 3.88. The molecular formula is C16H19FN2O3S. The molecule has 0 saturated carbocycles. The quantitative estimate of drug-likeness (QED) is 0.860. The number of nitrogens with zero attached hydrogens (tertiary/aromatic N) is 2. The molecule has 0 spiro atoms.